The standard InChI is InChI=1S/C24H17F2N3O3/c25-24(26)29-20-12-6-3-9-17(20)27-21(29)14-32-22(30)13-28-18-10-4-1-7-15(18)23(31)16-8-2-5-11-19(16)28/h1-12,24H,13-14H2. The van der Waals surface area contributed by atoms with E-state index in [4.69, 9.17) is 4.74 Å². The molecule has 0 atom stereocenters. The van der Waals surface area contributed by atoms with Crippen molar-refractivity contribution >= 4 is 38.8 Å². The van der Waals surface area contributed by atoms with Crippen LogP contribution in [0.2, 0.25) is 0 Å². The van der Waals surface area contributed by atoms with Gasteiger partial charge in [-0.2, -0.15) is 8.78 Å². The lowest BCUT2D eigenvalue weighted by Gasteiger charge is -2.15. The van der Waals surface area contributed by atoms with E-state index in [2.05, 4.69) is 4.98 Å². The van der Waals surface area contributed by atoms with E-state index in [0.29, 0.717) is 27.3 Å². The highest BCUT2D eigenvalue weighted by atomic mass is 19.3. The lowest BCUT2D eigenvalue weighted by atomic mass is 10.1. The normalized spacial score (nSPS) is 11.6. The number of carbonyl (C=O) groups is 1. The molecular weight excluding hydrogens is 416 g/mol. The number of aromatic nitrogens is 3. The van der Waals surface area contributed by atoms with Crippen LogP contribution in [-0.4, -0.2) is 20.1 Å². The average molecular weight is 433 g/mol. The second-order valence-electron chi connectivity index (χ2n) is 7.27. The molecule has 0 spiro atoms. The third-order valence-corrected chi connectivity index (χ3v) is 5.39. The highest BCUT2D eigenvalue weighted by Crippen LogP contribution is 2.24. The molecule has 2 aromatic heterocycles. The van der Waals surface area contributed by atoms with E-state index in [-0.39, 0.29) is 23.3 Å². The number of nitrogens with zero attached hydrogens (tertiary/aromatic N) is 3. The number of halogens is 2. The highest BCUT2D eigenvalue weighted by molar-refractivity contribution is 5.94. The van der Waals surface area contributed by atoms with Crippen LogP contribution in [-0.2, 0) is 22.7 Å². The van der Waals surface area contributed by atoms with E-state index in [9.17, 15) is 18.4 Å². The van der Waals surface area contributed by atoms with Crippen molar-refractivity contribution < 1.29 is 18.3 Å². The topological polar surface area (TPSA) is 66.1 Å². The quantitative estimate of drug-likeness (QED) is 0.299. The third kappa shape index (κ3) is 3.30. The van der Waals surface area contributed by atoms with Crippen LogP contribution < -0.4 is 5.43 Å². The van der Waals surface area contributed by atoms with Crippen LogP contribution in [0.25, 0.3) is 32.8 Å². The van der Waals surface area contributed by atoms with Gasteiger partial charge in [0.05, 0.1) is 22.1 Å². The molecule has 0 aliphatic rings. The molecule has 0 saturated carbocycles. The van der Waals surface area contributed by atoms with Gasteiger partial charge in [0.2, 0.25) is 0 Å². The number of rotatable bonds is 5. The highest BCUT2D eigenvalue weighted by Gasteiger charge is 2.19. The van der Waals surface area contributed by atoms with Crippen molar-refractivity contribution in [2.45, 2.75) is 19.7 Å². The third-order valence-electron chi connectivity index (χ3n) is 5.39. The molecule has 2 heterocycles. The maximum Gasteiger partial charge on any atom is 0.326 e. The van der Waals surface area contributed by atoms with Gasteiger partial charge in [0, 0.05) is 10.8 Å². The van der Waals surface area contributed by atoms with Crippen molar-refractivity contribution in [3.8, 4) is 0 Å². The van der Waals surface area contributed by atoms with Gasteiger partial charge in [-0.25, -0.2) is 4.98 Å². The fourth-order valence-electron chi connectivity index (χ4n) is 3.98. The van der Waals surface area contributed by atoms with Gasteiger partial charge in [0.25, 0.3) is 0 Å². The number of carbonyl (C=O) groups excluding carboxylic acids is 1. The van der Waals surface area contributed by atoms with Crippen molar-refractivity contribution in [3.63, 3.8) is 0 Å². The van der Waals surface area contributed by atoms with E-state index >= 15 is 0 Å². The van der Waals surface area contributed by atoms with E-state index < -0.39 is 19.1 Å². The van der Waals surface area contributed by atoms with Gasteiger partial charge in [-0.05, 0) is 36.4 Å². The van der Waals surface area contributed by atoms with Crippen LogP contribution in [0.1, 0.15) is 12.4 Å². The summed E-state index contributed by atoms with van der Waals surface area (Å²) in [5.74, 6) is -0.666. The van der Waals surface area contributed by atoms with Crippen LogP contribution in [0, 0.1) is 0 Å². The first-order chi connectivity index (χ1) is 15.5. The van der Waals surface area contributed by atoms with Crippen molar-refractivity contribution in [2.75, 3.05) is 0 Å². The van der Waals surface area contributed by atoms with Crippen LogP contribution in [0.5, 0.6) is 0 Å². The number of ether oxygens (including phenoxy) is 1. The Morgan fingerprint density at radius 1 is 0.875 bits per heavy atom. The van der Waals surface area contributed by atoms with Gasteiger partial charge >= 0.3 is 12.5 Å². The minimum atomic E-state index is -2.82. The summed E-state index contributed by atoms with van der Waals surface area (Å²) in [6.07, 6.45) is 0. The zero-order valence-corrected chi connectivity index (χ0v) is 16.7. The molecule has 0 radical (unpaired) electrons. The summed E-state index contributed by atoms with van der Waals surface area (Å²) in [7, 11) is 0. The smallest absolute Gasteiger partial charge is 0.326 e. The SMILES string of the molecule is O=C(Cn1c2ccccc2c(=O)c2ccccc21)OCc1nc2ccccc2n1C(F)F. The Morgan fingerprint density at radius 3 is 2.06 bits per heavy atom. The number of para-hydroxylation sites is 4. The molecule has 0 unspecified atom stereocenters. The number of imidazole rings is 1. The Balaban J connectivity index is 1.48. The molecule has 5 rings (SSSR count). The Morgan fingerprint density at radius 2 is 1.44 bits per heavy atom. The summed E-state index contributed by atoms with van der Waals surface area (Å²) in [4.78, 5) is 29.7. The minimum absolute atomic E-state index is 0.0378. The second-order valence-corrected chi connectivity index (χ2v) is 7.27. The van der Waals surface area contributed by atoms with Crippen LogP contribution in [0.3, 0.4) is 0 Å². The average Bonchev–Trinajstić information content (AvgIpc) is 3.19. The van der Waals surface area contributed by atoms with Crippen molar-refractivity contribution in [3.05, 3.63) is 88.8 Å². The number of hydrogen-bond acceptors (Lipinski definition) is 4. The molecule has 32 heavy (non-hydrogen) atoms. The first-order valence-corrected chi connectivity index (χ1v) is 9.94. The van der Waals surface area contributed by atoms with Gasteiger partial charge in [-0.15, -0.1) is 0 Å². The molecule has 0 fully saturated rings. The van der Waals surface area contributed by atoms with E-state index in [1.165, 1.54) is 0 Å². The lowest BCUT2D eigenvalue weighted by molar-refractivity contribution is -0.146. The molecular formula is C24H17F2N3O3. The number of fused-ring (bicyclic) bond motifs is 3. The second kappa shape index (κ2) is 7.88. The molecule has 0 bridgehead atoms. The summed E-state index contributed by atoms with van der Waals surface area (Å²) in [5.41, 5.74) is 1.73. The number of alkyl halides is 2. The number of pyridine rings is 1. The number of hydrogen-bond donors (Lipinski definition) is 0. The molecule has 0 aliphatic heterocycles. The summed E-state index contributed by atoms with van der Waals surface area (Å²) in [6.45, 7) is -3.40. The van der Waals surface area contributed by atoms with Gasteiger partial charge in [0.1, 0.15) is 13.2 Å². The summed E-state index contributed by atoms with van der Waals surface area (Å²) in [6, 6.07) is 20.5. The predicted molar refractivity (Wildman–Crippen MR) is 116 cm³/mol. The van der Waals surface area contributed by atoms with Crippen LogP contribution in [0.15, 0.2) is 77.6 Å². The Bertz CT molecular complexity index is 1480. The predicted octanol–water partition coefficient (Wildman–Crippen LogP) is 4.64. The molecule has 0 aliphatic carbocycles. The zero-order valence-electron chi connectivity index (χ0n) is 16.7. The van der Waals surface area contributed by atoms with Gasteiger partial charge in [-0.1, -0.05) is 36.4 Å². The Hall–Kier alpha value is -4.07. The van der Waals surface area contributed by atoms with E-state index in [1.54, 1.807) is 77.4 Å². The molecule has 0 saturated heterocycles. The number of esters is 1. The Labute approximate surface area is 180 Å². The maximum absolute atomic E-state index is 13.6. The van der Waals surface area contributed by atoms with Crippen molar-refractivity contribution in [1.29, 1.82) is 0 Å². The summed E-state index contributed by atoms with van der Waals surface area (Å²) in [5, 5.41) is 0.969. The maximum atomic E-state index is 13.6. The first-order valence-electron chi connectivity index (χ1n) is 9.94. The van der Waals surface area contributed by atoms with Crippen molar-refractivity contribution in [2.24, 2.45) is 0 Å². The largest absolute Gasteiger partial charge is 0.456 e. The Kier molecular flexibility index (Phi) is 4.89. The molecule has 5 aromatic rings. The van der Waals surface area contributed by atoms with Crippen LogP contribution in [0.4, 0.5) is 8.78 Å². The molecule has 0 amide bonds. The van der Waals surface area contributed by atoms with E-state index in [1.807, 2.05) is 0 Å². The molecule has 8 heteroatoms. The molecule has 160 valence electrons. The fraction of sp³-hybridized carbons (Fsp3) is 0.125. The molecule has 0 N–H and O–H groups in total. The molecule has 3 aromatic carbocycles. The van der Waals surface area contributed by atoms with Gasteiger partial charge in [-0.3, -0.25) is 14.2 Å². The summed E-state index contributed by atoms with van der Waals surface area (Å²) >= 11 is 0. The monoisotopic (exact) mass is 433 g/mol. The van der Waals surface area contributed by atoms with Crippen molar-refractivity contribution in [1.82, 2.24) is 14.1 Å². The van der Waals surface area contributed by atoms with Crippen LogP contribution >= 0.6 is 0 Å². The fourth-order valence-corrected chi connectivity index (χ4v) is 3.98. The van der Waals surface area contributed by atoms with Gasteiger partial charge < -0.3 is 9.30 Å². The molecule has 6 nitrogen and oxygen atoms in total. The van der Waals surface area contributed by atoms with Gasteiger partial charge in [0.15, 0.2) is 11.3 Å². The lowest BCUT2D eigenvalue weighted by Crippen LogP contribution is -2.19. The van der Waals surface area contributed by atoms with E-state index in [0.717, 1.165) is 4.57 Å². The zero-order chi connectivity index (χ0) is 22.2. The summed E-state index contributed by atoms with van der Waals surface area (Å²) < 4.78 is 35.0. The minimum Gasteiger partial charge on any atom is -0.456 e. The number of benzene rings is 3. The first kappa shape index (κ1) is 19.9.